The van der Waals surface area contributed by atoms with Gasteiger partial charge in [-0.05, 0) is 50.8 Å². The summed E-state index contributed by atoms with van der Waals surface area (Å²) in [6, 6.07) is 5.25. The van der Waals surface area contributed by atoms with E-state index in [2.05, 4.69) is 15.4 Å². The summed E-state index contributed by atoms with van der Waals surface area (Å²) in [4.78, 5) is 26.5. The van der Waals surface area contributed by atoms with Crippen molar-refractivity contribution in [1.82, 2.24) is 20.1 Å². The lowest BCUT2D eigenvalue weighted by Gasteiger charge is -2.26. The summed E-state index contributed by atoms with van der Waals surface area (Å²) in [5.74, 6) is -0.0600. The molecule has 2 aromatic heterocycles. The number of carbonyl (C=O) groups is 1. The Kier molecular flexibility index (Phi) is 3.83. The first-order valence-corrected chi connectivity index (χ1v) is 7.55. The smallest absolute Gasteiger partial charge is 0.248 e. The Bertz CT molecular complexity index is 760. The van der Waals surface area contributed by atoms with Crippen molar-refractivity contribution in [3.05, 3.63) is 51.2 Å². The zero-order valence-electron chi connectivity index (χ0n) is 12.8. The molecule has 0 fully saturated rings. The number of aromatic amines is 1. The van der Waals surface area contributed by atoms with Crippen LogP contribution in [0.2, 0.25) is 0 Å². The molecule has 0 aromatic carbocycles. The topological polar surface area (TPSA) is 79.8 Å². The van der Waals surface area contributed by atoms with Gasteiger partial charge in [0.15, 0.2) is 0 Å². The number of pyridine rings is 1. The van der Waals surface area contributed by atoms with Gasteiger partial charge in [-0.1, -0.05) is 0 Å². The summed E-state index contributed by atoms with van der Waals surface area (Å²) in [6.45, 7) is 4.07. The number of amides is 1. The number of hydrogen-bond donors (Lipinski definition) is 2. The SMILES string of the molecule is Cc1cc(C)n(CC(=O)N[C@H]2CCCc3[nH]c(=O)ccc32)n1. The molecular formula is C16H20N4O2. The van der Waals surface area contributed by atoms with Gasteiger partial charge in [-0.3, -0.25) is 14.3 Å². The van der Waals surface area contributed by atoms with Crippen LogP contribution in [-0.4, -0.2) is 20.7 Å². The molecule has 0 aliphatic heterocycles. The van der Waals surface area contributed by atoms with E-state index in [0.717, 1.165) is 41.9 Å². The zero-order chi connectivity index (χ0) is 15.7. The number of rotatable bonds is 3. The average molecular weight is 300 g/mol. The van der Waals surface area contributed by atoms with Gasteiger partial charge in [0.05, 0.1) is 11.7 Å². The van der Waals surface area contributed by atoms with Crippen LogP contribution < -0.4 is 10.9 Å². The minimum Gasteiger partial charge on any atom is -0.348 e. The van der Waals surface area contributed by atoms with Crippen LogP contribution in [0.3, 0.4) is 0 Å². The molecule has 1 amide bonds. The van der Waals surface area contributed by atoms with Crippen LogP contribution in [-0.2, 0) is 17.8 Å². The van der Waals surface area contributed by atoms with Crippen LogP contribution in [0.5, 0.6) is 0 Å². The van der Waals surface area contributed by atoms with E-state index in [0.29, 0.717) is 0 Å². The maximum Gasteiger partial charge on any atom is 0.248 e. The molecule has 1 aliphatic rings. The van der Waals surface area contributed by atoms with Crippen LogP contribution >= 0.6 is 0 Å². The van der Waals surface area contributed by atoms with Gasteiger partial charge in [0.2, 0.25) is 11.5 Å². The number of nitrogens with one attached hydrogen (secondary N) is 2. The van der Waals surface area contributed by atoms with Crippen molar-refractivity contribution in [1.29, 1.82) is 0 Å². The minimum atomic E-state index is -0.0895. The third-order valence-corrected chi connectivity index (χ3v) is 4.06. The Morgan fingerprint density at radius 2 is 2.27 bits per heavy atom. The quantitative estimate of drug-likeness (QED) is 0.898. The van der Waals surface area contributed by atoms with Gasteiger partial charge in [-0.2, -0.15) is 5.10 Å². The third-order valence-electron chi connectivity index (χ3n) is 4.06. The van der Waals surface area contributed by atoms with E-state index in [1.165, 1.54) is 6.07 Å². The van der Waals surface area contributed by atoms with Gasteiger partial charge in [-0.25, -0.2) is 0 Å². The van der Waals surface area contributed by atoms with E-state index < -0.39 is 0 Å². The molecule has 0 bridgehead atoms. The summed E-state index contributed by atoms with van der Waals surface area (Å²) in [5, 5.41) is 7.37. The normalized spacial score (nSPS) is 17.1. The highest BCUT2D eigenvalue weighted by atomic mass is 16.2. The maximum absolute atomic E-state index is 12.3. The summed E-state index contributed by atoms with van der Waals surface area (Å²) < 4.78 is 1.71. The van der Waals surface area contributed by atoms with Crippen molar-refractivity contribution >= 4 is 5.91 Å². The highest BCUT2D eigenvalue weighted by Gasteiger charge is 2.22. The fraction of sp³-hybridized carbons (Fsp3) is 0.438. The molecule has 6 heteroatoms. The molecular weight excluding hydrogens is 280 g/mol. The van der Waals surface area contributed by atoms with Crippen LogP contribution in [0.25, 0.3) is 0 Å². The molecule has 1 aliphatic carbocycles. The fourth-order valence-electron chi connectivity index (χ4n) is 3.06. The number of aryl methyl sites for hydroxylation is 3. The number of hydrogen-bond acceptors (Lipinski definition) is 3. The van der Waals surface area contributed by atoms with Crippen LogP contribution in [0, 0.1) is 13.8 Å². The zero-order valence-corrected chi connectivity index (χ0v) is 12.8. The predicted molar refractivity (Wildman–Crippen MR) is 82.6 cm³/mol. The van der Waals surface area contributed by atoms with Crippen molar-refractivity contribution in [3.8, 4) is 0 Å². The van der Waals surface area contributed by atoms with Crippen molar-refractivity contribution in [2.45, 2.75) is 45.7 Å². The van der Waals surface area contributed by atoms with Crippen molar-refractivity contribution < 1.29 is 4.79 Å². The second kappa shape index (κ2) is 5.79. The molecule has 0 radical (unpaired) electrons. The van der Waals surface area contributed by atoms with E-state index >= 15 is 0 Å². The monoisotopic (exact) mass is 300 g/mol. The van der Waals surface area contributed by atoms with Gasteiger partial charge in [0, 0.05) is 17.5 Å². The van der Waals surface area contributed by atoms with Gasteiger partial charge in [0.25, 0.3) is 0 Å². The lowest BCUT2D eigenvalue weighted by atomic mass is 9.91. The van der Waals surface area contributed by atoms with E-state index in [1.807, 2.05) is 26.0 Å². The highest BCUT2D eigenvalue weighted by molar-refractivity contribution is 5.76. The molecule has 1 atom stereocenters. The Morgan fingerprint density at radius 1 is 1.45 bits per heavy atom. The minimum absolute atomic E-state index is 0.0370. The Morgan fingerprint density at radius 3 is 3.00 bits per heavy atom. The second-order valence-corrected chi connectivity index (χ2v) is 5.85. The lowest BCUT2D eigenvalue weighted by molar-refractivity contribution is -0.122. The summed E-state index contributed by atoms with van der Waals surface area (Å²) in [5.41, 5.74) is 3.75. The number of carbonyl (C=O) groups excluding carboxylic acids is 1. The Labute approximate surface area is 128 Å². The van der Waals surface area contributed by atoms with Gasteiger partial charge in [-0.15, -0.1) is 0 Å². The second-order valence-electron chi connectivity index (χ2n) is 5.85. The maximum atomic E-state index is 12.3. The molecule has 0 saturated carbocycles. The van der Waals surface area contributed by atoms with Gasteiger partial charge >= 0.3 is 0 Å². The molecule has 116 valence electrons. The van der Waals surface area contributed by atoms with Crippen molar-refractivity contribution in [2.75, 3.05) is 0 Å². The average Bonchev–Trinajstić information content (AvgIpc) is 2.76. The molecule has 3 rings (SSSR count). The van der Waals surface area contributed by atoms with E-state index in [1.54, 1.807) is 4.68 Å². The largest absolute Gasteiger partial charge is 0.348 e. The number of aromatic nitrogens is 3. The van der Waals surface area contributed by atoms with Gasteiger partial charge < -0.3 is 10.3 Å². The van der Waals surface area contributed by atoms with Crippen molar-refractivity contribution in [3.63, 3.8) is 0 Å². The number of H-pyrrole nitrogens is 1. The molecule has 0 spiro atoms. The summed E-state index contributed by atoms with van der Waals surface area (Å²) in [7, 11) is 0. The van der Waals surface area contributed by atoms with E-state index in [-0.39, 0.29) is 24.1 Å². The first kappa shape index (κ1) is 14.6. The number of nitrogens with zero attached hydrogens (tertiary/aromatic N) is 2. The Balaban J connectivity index is 1.73. The summed E-state index contributed by atoms with van der Waals surface area (Å²) in [6.07, 6.45) is 2.70. The molecule has 0 unspecified atom stereocenters. The number of fused-ring (bicyclic) bond motifs is 1. The lowest BCUT2D eigenvalue weighted by Crippen LogP contribution is -2.34. The molecule has 2 aromatic rings. The van der Waals surface area contributed by atoms with Crippen LogP contribution in [0.4, 0.5) is 0 Å². The Hall–Kier alpha value is -2.37. The first-order chi connectivity index (χ1) is 10.5. The molecule has 22 heavy (non-hydrogen) atoms. The first-order valence-electron chi connectivity index (χ1n) is 7.55. The molecule has 2 heterocycles. The molecule has 2 N–H and O–H groups in total. The van der Waals surface area contributed by atoms with Gasteiger partial charge in [0.1, 0.15) is 6.54 Å². The predicted octanol–water partition coefficient (Wildman–Crippen LogP) is 1.38. The van der Waals surface area contributed by atoms with Crippen molar-refractivity contribution in [2.24, 2.45) is 0 Å². The highest BCUT2D eigenvalue weighted by Crippen LogP contribution is 2.27. The summed E-state index contributed by atoms with van der Waals surface area (Å²) >= 11 is 0. The van der Waals surface area contributed by atoms with E-state index in [4.69, 9.17) is 0 Å². The van der Waals surface area contributed by atoms with Crippen LogP contribution in [0.1, 0.15) is 41.5 Å². The van der Waals surface area contributed by atoms with E-state index in [9.17, 15) is 9.59 Å². The standard InChI is InChI=1S/C16H20N4O2/c1-10-8-11(2)20(19-10)9-16(22)18-14-5-3-4-13-12(14)6-7-15(21)17-13/h6-8,14H,3-5,9H2,1-2H3,(H,17,21)(H,18,22)/t14-/m0/s1. The van der Waals surface area contributed by atoms with Crippen LogP contribution in [0.15, 0.2) is 23.0 Å². The molecule has 0 saturated heterocycles. The fourth-order valence-corrected chi connectivity index (χ4v) is 3.06. The third kappa shape index (κ3) is 2.95. The molecule has 6 nitrogen and oxygen atoms in total.